The first-order valence-corrected chi connectivity index (χ1v) is 13.4. The smallest absolute Gasteiger partial charge is 0.355 e. The molecule has 0 radical (unpaired) electrons. The number of rotatable bonds is 9. The van der Waals surface area contributed by atoms with Crippen molar-refractivity contribution in [1.29, 1.82) is 0 Å². The van der Waals surface area contributed by atoms with Gasteiger partial charge < -0.3 is 24.3 Å². The Balaban J connectivity index is 1.34. The second kappa shape index (κ2) is 10.8. The van der Waals surface area contributed by atoms with Gasteiger partial charge in [0.1, 0.15) is 11.4 Å². The van der Waals surface area contributed by atoms with Crippen LogP contribution in [0.15, 0.2) is 60.7 Å². The Morgan fingerprint density at radius 1 is 1.10 bits per heavy atom. The van der Waals surface area contributed by atoms with Gasteiger partial charge in [-0.15, -0.1) is 0 Å². The first kappa shape index (κ1) is 25.0. The van der Waals surface area contributed by atoms with E-state index in [1.54, 1.807) is 6.92 Å². The molecule has 1 aliphatic heterocycles. The molecule has 8 heteroatoms. The second-order valence-electron chi connectivity index (χ2n) is 9.57. The van der Waals surface area contributed by atoms with E-state index in [0.717, 1.165) is 57.1 Å². The number of nitrogens with one attached hydrogen (secondary N) is 1. The highest BCUT2D eigenvalue weighted by atomic mass is 16.5. The lowest BCUT2D eigenvalue weighted by Gasteiger charge is -2.16. The molecule has 39 heavy (non-hydrogen) atoms. The van der Waals surface area contributed by atoms with Crippen LogP contribution < -0.4 is 9.47 Å². The van der Waals surface area contributed by atoms with Gasteiger partial charge in [-0.05, 0) is 36.8 Å². The molecule has 0 atom stereocenters. The molecule has 8 nitrogen and oxygen atoms in total. The van der Waals surface area contributed by atoms with Crippen LogP contribution in [0, 0.1) is 0 Å². The van der Waals surface area contributed by atoms with E-state index in [-0.39, 0.29) is 19.2 Å². The van der Waals surface area contributed by atoms with Gasteiger partial charge in [-0.1, -0.05) is 54.6 Å². The number of ether oxygens (including phenoxy) is 3. The fourth-order valence-corrected chi connectivity index (χ4v) is 5.43. The standard InChI is InChI=1S/C31H31N3O5/c1-2-37-31(36)29-23(14-7-17-38-26-15-5-10-20-9-3-4-11-21(20)26)22-12-6-13-24(28(22)32-29)27-25(19-35)33-34-16-8-18-39-30(27)34/h3-6,9-13,15,32,35H,2,7-8,14,16-19H2,1H3. The minimum absolute atomic E-state index is 0.209. The van der Waals surface area contributed by atoms with Crippen LogP contribution in [0.1, 0.15) is 41.5 Å². The lowest BCUT2D eigenvalue weighted by Crippen LogP contribution is -2.15. The number of H-pyrrole nitrogens is 1. The van der Waals surface area contributed by atoms with Crippen LogP contribution in [-0.2, 0) is 24.3 Å². The molecule has 5 aromatic rings. The quantitative estimate of drug-likeness (QED) is 0.191. The Hall–Kier alpha value is -4.30. The first-order chi connectivity index (χ1) is 19.2. The van der Waals surface area contributed by atoms with Crippen LogP contribution in [0.2, 0.25) is 0 Å². The van der Waals surface area contributed by atoms with E-state index in [2.05, 4.69) is 28.3 Å². The summed E-state index contributed by atoms with van der Waals surface area (Å²) in [5.41, 5.74) is 4.27. The highest BCUT2D eigenvalue weighted by molar-refractivity contribution is 6.04. The minimum atomic E-state index is -0.389. The fourth-order valence-electron chi connectivity index (χ4n) is 5.43. The van der Waals surface area contributed by atoms with Crippen molar-refractivity contribution in [1.82, 2.24) is 14.8 Å². The fraction of sp³-hybridized carbons (Fsp3) is 0.290. The Morgan fingerprint density at radius 2 is 1.92 bits per heavy atom. The van der Waals surface area contributed by atoms with E-state index in [1.165, 1.54) is 0 Å². The molecule has 1 aliphatic rings. The SMILES string of the molecule is CCOC(=O)c1[nH]c2c(-c3c(CO)nn4c3OCCC4)cccc2c1CCCOc1cccc2ccccc12. The molecule has 2 N–H and O–H groups in total. The summed E-state index contributed by atoms with van der Waals surface area (Å²) < 4.78 is 19.4. The highest BCUT2D eigenvalue weighted by Crippen LogP contribution is 2.40. The summed E-state index contributed by atoms with van der Waals surface area (Å²) in [4.78, 5) is 16.4. The summed E-state index contributed by atoms with van der Waals surface area (Å²) in [6.07, 6.45) is 2.20. The normalized spacial score (nSPS) is 12.9. The number of aliphatic hydroxyl groups is 1. The van der Waals surface area contributed by atoms with Gasteiger partial charge in [-0.2, -0.15) is 5.10 Å². The van der Waals surface area contributed by atoms with Gasteiger partial charge >= 0.3 is 5.97 Å². The number of carbonyl (C=O) groups is 1. The van der Waals surface area contributed by atoms with E-state index in [1.807, 2.05) is 47.1 Å². The molecule has 3 heterocycles. The van der Waals surface area contributed by atoms with Crippen LogP contribution in [0.5, 0.6) is 11.6 Å². The second-order valence-corrected chi connectivity index (χ2v) is 9.57. The van der Waals surface area contributed by atoms with Crippen molar-refractivity contribution in [3.8, 4) is 22.8 Å². The number of fused-ring (bicyclic) bond motifs is 3. The van der Waals surface area contributed by atoms with Crippen LogP contribution in [0.25, 0.3) is 32.8 Å². The lowest BCUT2D eigenvalue weighted by atomic mass is 9.99. The predicted molar refractivity (Wildman–Crippen MR) is 149 cm³/mol. The van der Waals surface area contributed by atoms with Gasteiger partial charge in [-0.3, -0.25) is 0 Å². The minimum Gasteiger partial charge on any atom is -0.493 e. The first-order valence-electron chi connectivity index (χ1n) is 13.4. The molecule has 200 valence electrons. The molecule has 0 saturated carbocycles. The summed E-state index contributed by atoms with van der Waals surface area (Å²) in [6, 6.07) is 20.2. The number of aromatic nitrogens is 3. The largest absolute Gasteiger partial charge is 0.493 e. The number of esters is 1. The maximum atomic E-state index is 13.0. The van der Waals surface area contributed by atoms with Crippen LogP contribution >= 0.6 is 0 Å². The number of para-hydroxylation sites is 1. The number of nitrogens with zero attached hydrogens (tertiary/aromatic N) is 2. The number of aryl methyl sites for hydroxylation is 2. The monoisotopic (exact) mass is 525 g/mol. The van der Waals surface area contributed by atoms with Gasteiger partial charge in [0, 0.05) is 29.3 Å². The van der Waals surface area contributed by atoms with E-state index in [9.17, 15) is 9.90 Å². The summed E-state index contributed by atoms with van der Waals surface area (Å²) in [7, 11) is 0. The highest BCUT2D eigenvalue weighted by Gasteiger charge is 2.27. The van der Waals surface area contributed by atoms with Crippen LogP contribution in [0.4, 0.5) is 0 Å². The van der Waals surface area contributed by atoms with Crippen molar-refractivity contribution in [3.63, 3.8) is 0 Å². The molecule has 6 rings (SSSR count). The van der Waals surface area contributed by atoms with Crippen molar-refractivity contribution >= 4 is 27.6 Å². The zero-order valence-electron chi connectivity index (χ0n) is 21.9. The predicted octanol–water partition coefficient (Wildman–Crippen LogP) is 5.65. The van der Waals surface area contributed by atoms with Crippen molar-refractivity contribution in [3.05, 3.63) is 77.6 Å². The summed E-state index contributed by atoms with van der Waals surface area (Å²) >= 11 is 0. The molecule has 0 unspecified atom stereocenters. The molecule has 2 aromatic heterocycles. The average molecular weight is 526 g/mol. The zero-order valence-corrected chi connectivity index (χ0v) is 21.9. The Kier molecular flexibility index (Phi) is 6.94. The lowest BCUT2D eigenvalue weighted by molar-refractivity contribution is 0.0519. The van der Waals surface area contributed by atoms with E-state index < -0.39 is 0 Å². The maximum Gasteiger partial charge on any atom is 0.355 e. The molecule has 0 aliphatic carbocycles. The van der Waals surface area contributed by atoms with E-state index in [0.29, 0.717) is 43.3 Å². The molecule has 0 amide bonds. The van der Waals surface area contributed by atoms with Crippen molar-refractivity contribution in [2.75, 3.05) is 19.8 Å². The third-order valence-electron chi connectivity index (χ3n) is 7.15. The van der Waals surface area contributed by atoms with Gasteiger partial charge in [0.2, 0.25) is 5.88 Å². The van der Waals surface area contributed by atoms with Crippen molar-refractivity contribution in [2.24, 2.45) is 0 Å². The number of hydrogen-bond acceptors (Lipinski definition) is 6. The molecular formula is C31H31N3O5. The van der Waals surface area contributed by atoms with Gasteiger partial charge in [0.05, 0.1) is 43.2 Å². The number of aliphatic hydroxyl groups excluding tert-OH is 1. The number of carbonyl (C=O) groups excluding carboxylic acids is 1. The van der Waals surface area contributed by atoms with E-state index in [4.69, 9.17) is 14.2 Å². The van der Waals surface area contributed by atoms with Gasteiger partial charge in [0.15, 0.2) is 0 Å². The maximum absolute atomic E-state index is 13.0. The summed E-state index contributed by atoms with van der Waals surface area (Å²) in [6.45, 7) is 3.71. The van der Waals surface area contributed by atoms with Crippen molar-refractivity contribution in [2.45, 2.75) is 39.3 Å². The Labute approximate surface area is 226 Å². The number of benzene rings is 3. The Bertz CT molecular complexity index is 1650. The van der Waals surface area contributed by atoms with E-state index >= 15 is 0 Å². The third kappa shape index (κ3) is 4.61. The van der Waals surface area contributed by atoms with Crippen LogP contribution in [-0.4, -0.2) is 45.7 Å². The number of hydrogen-bond donors (Lipinski definition) is 2. The molecule has 0 fully saturated rings. The number of aromatic amines is 1. The summed E-state index contributed by atoms with van der Waals surface area (Å²) in [5.74, 6) is 1.11. The molecular weight excluding hydrogens is 494 g/mol. The molecule has 0 spiro atoms. The summed E-state index contributed by atoms with van der Waals surface area (Å²) in [5, 5.41) is 17.8. The third-order valence-corrected chi connectivity index (χ3v) is 7.15. The molecule has 3 aromatic carbocycles. The van der Waals surface area contributed by atoms with Gasteiger partial charge in [0.25, 0.3) is 0 Å². The topological polar surface area (TPSA) is 98.6 Å². The molecule has 0 bridgehead atoms. The van der Waals surface area contributed by atoms with Crippen LogP contribution in [0.3, 0.4) is 0 Å². The Morgan fingerprint density at radius 3 is 2.79 bits per heavy atom. The van der Waals surface area contributed by atoms with Gasteiger partial charge in [-0.25, -0.2) is 9.48 Å². The molecule has 0 saturated heterocycles. The van der Waals surface area contributed by atoms with Crippen molar-refractivity contribution < 1.29 is 24.1 Å². The zero-order chi connectivity index (χ0) is 26.8. The average Bonchev–Trinajstić information content (AvgIpc) is 3.54.